The third kappa shape index (κ3) is 1.81. The molecule has 0 unspecified atom stereocenters. The number of hydrogen-bond acceptors (Lipinski definition) is 0. The molecule has 104 valence electrons. The minimum Gasteiger partial charge on any atom is -0.344 e. The standard InChI is InChI=1S/C19H16IN/c1-12-14(11-20)8-7-13-9-17-15-5-3-4-6-18(15)21(2)19(17)10-16(12)13/h3-10H,11H2,1-2H3. The monoisotopic (exact) mass is 385 g/mol. The zero-order valence-electron chi connectivity index (χ0n) is 12.2. The highest BCUT2D eigenvalue weighted by molar-refractivity contribution is 14.1. The van der Waals surface area contributed by atoms with Crippen molar-refractivity contribution in [2.24, 2.45) is 7.05 Å². The molecule has 3 aromatic carbocycles. The number of aryl methyl sites for hydroxylation is 2. The van der Waals surface area contributed by atoms with Crippen molar-refractivity contribution in [2.45, 2.75) is 11.4 Å². The van der Waals surface area contributed by atoms with Crippen molar-refractivity contribution in [3.63, 3.8) is 0 Å². The highest BCUT2D eigenvalue weighted by atomic mass is 127. The van der Waals surface area contributed by atoms with Crippen molar-refractivity contribution in [1.29, 1.82) is 0 Å². The Morgan fingerprint density at radius 3 is 2.52 bits per heavy atom. The summed E-state index contributed by atoms with van der Waals surface area (Å²) in [5.74, 6) is 0. The van der Waals surface area contributed by atoms with Crippen LogP contribution in [0.15, 0.2) is 48.5 Å². The molecule has 2 heteroatoms. The van der Waals surface area contributed by atoms with Gasteiger partial charge in [-0.3, -0.25) is 0 Å². The first kappa shape index (κ1) is 13.1. The van der Waals surface area contributed by atoms with Crippen LogP contribution in [-0.4, -0.2) is 4.57 Å². The lowest BCUT2D eigenvalue weighted by Gasteiger charge is -2.08. The molecule has 0 aliphatic rings. The van der Waals surface area contributed by atoms with Gasteiger partial charge in [0.2, 0.25) is 0 Å². The maximum atomic E-state index is 2.44. The van der Waals surface area contributed by atoms with E-state index >= 15 is 0 Å². The molecule has 0 aliphatic heterocycles. The normalized spacial score (nSPS) is 11.8. The van der Waals surface area contributed by atoms with E-state index in [9.17, 15) is 0 Å². The summed E-state index contributed by atoms with van der Waals surface area (Å²) in [5, 5.41) is 5.40. The minimum absolute atomic E-state index is 1.06. The van der Waals surface area contributed by atoms with Crippen LogP contribution in [0.25, 0.3) is 32.6 Å². The Morgan fingerprint density at radius 2 is 1.71 bits per heavy atom. The van der Waals surface area contributed by atoms with Gasteiger partial charge in [-0.05, 0) is 47.0 Å². The van der Waals surface area contributed by atoms with Crippen molar-refractivity contribution >= 4 is 55.2 Å². The highest BCUT2D eigenvalue weighted by Crippen LogP contribution is 2.33. The molecule has 0 fully saturated rings. The predicted octanol–water partition coefficient (Wildman–Crippen LogP) is 5.73. The van der Waals surface area contributed by atoms with Gasteiger partial charge >= 0.3 is 0 Å². The molecule has 1 heterocycles. The molecule has 4 rings (SSSR count). The van der Waals surface area contributed by atoms with Crippen molar-refractivity contribution in [2.75, 3.05) is 0 Å². The summed E-state index contributed by atoms with van der Waals surface area (Å²) >= 11 is 2.44. The molecule has 0 atom stereocenters. The molecule has 0 saturated carbocycles. The number of benzene rings is 3. The van der Waals surface area contributed by atoms with E-state index in [1.54, 1.807) is 0 Å². The quantitative estimate of drug-likeness (QED) is 0.291. The predicted molar refractivity (Wildman–Crippen MR) is 100 cm³/mol. The molecule has 1 nitrogen and oxygen atoms in total. The summed E-state index contributed by atoms with van der Waals surface area (Å²) in [6.45, 7) is 2.24. The number of alkyl halides is 1. The van der Waals surface area contributed by atoms with E-state index in [-0.39, 0.29) is 0 Å². The first-order valence-electron chi connectivity index (χ1n) is 7.16. The molecule has 4 aromatic rings. The lowest BCUT2D eigenvalue weighted by molar-refractivity contribution is 1.01. The van der Waals surface area contributed by atoms with E-state index in [1.165, 1.54) is 43.7 Å². The van der Waals surface area contributed by atoms with E-state index in [0.29, 0.717) is 0 Å². The SMILES string of the molecule is Cc1c(CI)ccc2cc3c4ccccc4n(C)c3cc12. The van der Waals surface area contributed by atoms with Gasteiger partial charge in [-0.25, -0.2) is 0 Å². The van der Waals surface area contributed by atoms with Crippen LogP contribution in [0.2, 0.25) is 0 Å². The molecule has 0 amide bonds. The van der Waals surface area contributed by atoms with Gasteiger partial charge in [0, 0.05) is 33.3 Å². The second-order valence-corrected chi connectivity index (χ2v) is 6.41. The molecule has 0 bridgehead atoms. The van der Waals surface area contributed by atoms with Gasteiger partial charge in [-0.2, -0.15) is 0 Å². The van der Waals surface area contributed by atoms with Crippen LogP contribution in [0.3, 0.4) is 0 Å². The van der Waals surface area contributed by atoms with Gasteiger partial charge in [-0.15, -0.1) is 0 Å². The van der Waals surface area contributed by atoms with Crippen LogP contribution in [0.4, 0.5) is 0 Å². The number of aromatic nitrogens is 1. The van der Waals surface area contributed by atoms with Gasteiger partial charge in [0.05, 0.1) is 0 Å². The molecule has 0 N–H and O–H groups in total. The third-order valence-corrected chi connectivity index (χ3v) is 5.40. The lowest BCUT2D eigenvalue weighted by atomic mass is 9.99. The van der Waals surface area contributed by atoms with E-state index in [0.717, 1.165) is 4.43 Å². The fraction of sp³-hybridized carbons (Fsp3) is 0.158. The minimum atomic E-state index is 1.06. The summed E-state index contributed by atoms with van der Waals surface area (Å²) in [6.07, 6.45) is 0. The summed E-state index contributed by atoms with van der Waals surface area (Å²) in [6, 6.07) is 17.9. The van der Waals surface area contributed by atoms with E-state index < -0.39 is 0 Å². The second-order valence-electron chi connectivity index (χ2n) is 5.65. The number of para-hydroxylation sites is 1. The molecule has 1 aromatic heterocycles. The van der Waals surface area contributed by atoms with Crippen molar-refractivity contribution in [1.82, 2.24) is 4.57 Å². The number of fused-ring (bicyclic) bond motifs is 4. The van der Waals surface area contributed by atoms with Gasteiger partial charge < -0.3 is 4.57 Å². The summed E-state index contributed by atoms with van der Waals surface area (Å²) in [5.41, 5.74) is 5.46. The highest BCUT2D eigenvalue weighted by Gasteiger charge is 2.10. The maximum absolute atomic E-state index is 2.44. The van der Waals surface area contributed by atoms with Crippen LogP contribution >= 0.6 is 22.6 Å². The van der Waals surface area contributed by atoms with E-state index in [1.807, 2.05) is 0 Å². The van der Waals surface area contributed by atoms with Crippen LogP contribution < -0.4 is 0 Å². The van der Waals surface area contributed by atoms with Crippen molar-refractivity contribution in [3.05, 3.63) is 59.7 Å². The molecular weight excluding hydrogens is 369 g/mol. The number of nitrogens with zero attached hydrogens (tertiary/aromatic N) is 1. The van der Waals surface area contributed by atoms with Crippen molar-refractivity contribution in [3.8, 4) is 0 Å². The zero-order chi connectivity index (χ0) is 14.6. The topological polar surface area (TPSA) is 4.93 Å². The maximum Gasteiger partial charge on any atom is 0.0495 e. The van der Waals surface area contributed by atoms with E-state index in [4.69, 9.17) is 0 Å². The molecule has 0 spiro atoms. The number of rotatable bonds is 1. The smallest absolute Gasteiger partial charge is 0.0495 e. The van der Waals surface area contributed by atoms with Gasteiger partial charge in [0.25, 0.3) is 0 Å². The van der Waals surface area contributed by atoms with Gasteiger partial charge in [0.1, 0.15) is 0 Å². The van der Waals surface area contributed by atoms with Gasteiger partial charge in [-0.1, -0.05) is 52.9 Å². The Kier molecular flexibility index (Phi) is 2.96. The first-order chi connectivity index (χ1) is 10.2. The lowest BCUT2D eigenvalue weighted by Crippen LogP contribution is -1.89. The van der Waals surface area contributed by atoms with Crippen LogP contribution in [0.1, 0.15) is 11.1 Å². The van der Waals surface area contributed by atoms with Crippen LogP contribution in [-0.2, 0) is 11.5 Å². The number of hydrogen-bond donors (Lipinski definition) is 0. The molecular formula is C19H16IN. The Labute approximate surface area is 137 Å². The molecule has 0 radical (unpaired) electrons. The largest absolute Gasteiger partial charge is 0.344 e. The Morgan fingerprint density at radius 1 is 0.905 bits per heavy atom. The summed E-state index contributed by atoms with van der Waals surface area (Å²) in [4.78, 5) is 0. The summed E-state index contributed by atoms with van der Waals surface area (Å²) in [7, 11) is 2.16. The van der Waals surface area contributed by atoms with Crippen molar-refractivity contribution < 1.29 is 0 Å². The zero-order valence-corrected chi connectivity index (χ0v) is 14.3. The summed E-state index contributed by atoms with van der Waals surface area (Å²) < 4.78 is 3.37. The molecule has 21 heavy (non-hydrogen) atoms. The first-order valence-corrected chi connectivity index (χ1v) is 8.68. The Bertz CT molecular complexity index is 995. The van der Waals surface area contributed by atoms with Crippen LogP contribution in [0.5, 0.6) is 0 Å². The van der Waals surface area contributed by atoms with Crippen LogP contribution in [0, 0.1) is 6.92 Å². The molecule has 0 saturated heterocycles. The average molecular weight is 385 g/mol. The Balaban J connectivity index is 2.22. The van der Waals surface area contributed by atoms with Gasteiger partial charge in [0.15, 0.2) is 0 Å². The number of halogens is 1. The average Bonchev–Trinajstić information content (AvgIpc) is 2.80. The van der Waals surface area contributed by atoms with E-state index in [2.05, 4.69) is 89.7 Å². The third-order valence-electron chi connectivity index (χ3n) is 4.58. The Hall–Kier alpha value is -1.55. The fourth-order valence-electron chi connectivity index (χ4n) is 3.32. The second kappa shape index (κ2) is 4.73. The molecule has 0 aliphatic carbocycles. The fourth-order valence-corrected chi connectivity index (χ4v) is 4.14.